The Kier molecular flexibility index (Phi) is 4.19. The second-order valence-corrected chi connectivity index (χ2v) is 5.85. The van der Waals surface area contributed by atoms with Gasteiger partial charge in [-0.15, -0.1) is 0 Å². The molecule has 0 amide bonds. The van der Waals surface area contributed by atoms with E-state index in [0.29, 0.717) is 12.0 Å². The summed E-state index contributed by atoms with van der Waals surface area (Å²) in [5.41, 5.74) is 5.81. The SMILES string of the molecule is CC(CN=C(N)NC(C)(C)C)N(C)C1CC1. The van der Waals surface area contributed by atoms with Gasteiger partial charge >= 0.3 is 0 Å². The Labute approximate surface area is 99.3 Å². The first kappa shape index (κ1) is 13.3. The molecule has 4 heteroatoms. The van der Waals surface area contributed by atoms with Gasteiger partial charge in [0.25, 0.3) is 0 Å². The highest BCUT2D eigenvalue weighted by Gasteiger charge is 2.28. The van der Waals surface area contributed by atoms with Crippen molar-refractivity contribution in [2.24, 2.45) is 10.7 Å². The molecule has 1 rings (SSSR count). The average Bonchev–Trinajstić information content (AvgIpc) is 2.93. The fourth-order valence-corrected chi connectivity index (χ4v) is 1.62. The first-order valence-corrected chi connectivity index (χ1v) is 6.09. The van der Waals surface area contributed by atoms with Crippen LogP contribution in [0.1, 0.15) is 40.5 Å². The van der Waals surface area contributed by atoms with Crippen LogP contribution in [0.5, 0.6) is 0 Å². The van der Waals surface area contributed by atoms with Crippen molar-refractivity contribution in [3.05, 3.63) is 0 Å². The Morgan fingerprint density at radius 1 is 1.50 bits per heavy atom. The normalized spacial score (nSPS) is 20.0. The first-order chi connectivity index (χ1) is 7.29. The predicted molar refractivity (Wildman–Crippen MR) is 69.6 cm³/mol. The van der Waals surface area contributed by atoms with Crippen LogP contribution in [0.2, 0.25) is 0 Å². The summed E-state index contributed by atoms with van der Waals surface area (Å²) in [6, 6.07) is 1.25. The molecule has 3 N–H and O–H groups in total. The molecule has 0 aliphatic heterocycles. The molecule has 1 saturated carbocycles. The van der Waals surface area contributed by atoms with Crippen molar-refractivity contribution < 1.29 is 0 Å². The molecule has 0 bridgehead atoms. The van der Waals surface area contributed by atoms with Gasteiger partial charge in [-0.3, -0.25) is 9.89 Å². The zero-order valence-electron chi connectivity index (χ0n) is 11.2. The Bertz CT molecular complexity index is 250. The van der Waals surface area contributed by atoms with Crippen LogP contribution in [0.4, 0.5) is 0 Å². The average molecular weight is 226 g/mol. The number of aliphatic imine (C=N–C) groups is 1. The molecule has 1 unspecified atom stereocenters. The molecule has 0 aromatic heterocycles. The fraction of sp³-hybridized carbons (Fsp3) is 0.917. The lowest BCUT2D eigenvalue weighted by Crippen LogP contribution is -2.45. The van der Waals surface area contributed by atoms with Crippen LogP contribution in [0.15, 0.2) is 4.99 Å². The van der Waals surface area contributed by atoms with Gasteiger partial charge in [-0.05, 0) is 47.6 Å². The quantitative estimate of drug-likeness (QED) is 0.559. The molecule has 0 radical (unpaired) electrons. The molecule has 1 fully saturated rings. The Morgan fingerprint density at radius 2 is 2.06 bits per heavy atom. The van der Waals surface area contributed by atoms with Gasteiger partial charge in [-0.25, -0.2) is 0 Å². The van der Waals surface area contributed by atoms with E-state index in [1.165, 1.54) is 12.8 Å². The van der Waals surface area contributed by atoms with E-state index in [2.05, 4.69) is 50.0 Å². The highest BCUT2D eigenvalue weighted by Crippen LogP contribution is 2.26. The molecule has 1 aliphatic rings. The molecule has 0 heterocycles. The molecular weight excluding hydrogens is 200 g/mol. The summed E-state index contributed by atoms with van der Waals surface area (Å²) in [5, 5.41) is 3.17. The Hall–Kier alpha value is -0.770. The van der Waals surface area contributed by atoms with E-state index in [1.54, 1.807) is 0 Å². The van der Waals surface area contributed by atoms with Crippen LogP contribution in [0.25, 0.3) is 0 Å². The molecule has 0 saturated heterocycles. The topological polar surface area (TPSA) is 53.6 Å². The summed E-state index contributed by atoms with van der Waals surface area (Å²) in [6.07, 6.45) is 2.67. The number of rotatable bonds is 4. The van der Waals surface area contributed by atoms with Crippen molar-refractivity contribution >= 4 is 5.96 Å². The van der Waals surface area contributed by atoms with Crippen LogP contribution in [-0.2, 0) is 0 Å². The summed E-state index contributed by atoms with van der Waals surface area (Å²) in [7, 11) is 2.17. The van der Waals surface area contributed by atoms with E-state index in [-0.39, 0.29) is 5.54 Å². The molecule has 4 nitrogen and oxygen atoms in total. The van der Waals surface area contributed by atoms with E-state index in [0.717, 1.165) is 12.6 Å². The summed E-state index contributed by atoms with van der Waals surface area (Å²) >= 11 is 0. The minimum absolute atomic E-state index is 0.0147. The van der Waals surface area contributed by atoms with Crippen molar-refractivity contribution in [1.82, 2.24) is 10.2 Å². The van der Waals surface area contributed by atoms with Gasteiger partial charge in [-0.1, -0.05) is 0 Å². The molecule has 94 valence electrons. The van der Waals surface area contributed by atoms with Crippen LogP contribution in [0.3, 0.4) is 0 Å². The number of nitrogens with two attached hydrogens (primary N) is 1. The minimum atomic E-state index is -0.0147. The number of nitrogens with one attached hydrogen (secondary N) is 1. The maximum absolute atomic E-state index is 5.82. The summed E-state index contributed by atoms with van der Waals surface area (Å²) < 4.78 is 0. The van der Waals surface area contributed by atoms with E-state index >= 15 is 0 Å². The number of hydrogen-bond donors (Lipinski definition) is 2. The van der Waals surface area contributed by atoms with Gasteiger partial charge in [0.2, 0.25) is 0 Å². The van der Waals surface area contributed by atoms with Gasteiger partial charge < -0.3 is 11.1 Å². The molecule has 1 atom stereocenters. The number of likely N-dealkylation sites (N-methyl/N-ethyl adjacent to an activating group) is 1. The Balaban J connectivity index is 2.33. The smallest absolute Gasteiger partial charge is 0.189 e. The summed E-state index contributed by atoms with van der Waals surface area (Å²) in [4.78, 5) is 6.78. The summed E-state index contributed by atoms with van der Waals surface area (Å²) in [5.74, 6) is 0.545. The van der Waals surface area contributed by atoms with Crippen molar-refractivity contribution in [1.29, 1.82) is 0 Å². The number of guanidine groups is 1. The standard InChI is InChI=1S/C12H26N4/c1-9(16(5)10-6-7-10)8-14-11(13)15-12(2,3)4/h9-10H,6-8H2,1-5H3,(H3,13,14,15). The number of hydrogen-bond acceptors (Lipinski definition) is 2. The van der Waals surface area contributed by atoms with Crippen molar-refractivity contribution in [2.45, 2.75) is 58.2 Å². The van der Waals surface area contributed by atoms with Gasteiger partial charge in [-0.2, -0.15) is 0 Å². The van der Waals surface area contributed by atoms with Gasteiger partial charge in [0, 0.05) is 17.6 Å². The van der Waals surface area contributed by atoms with Crippen molar-refractivity contribution in [3.8, 4) is 0 Å². The molecule has 0 aromatic rings. The lowest BCUT2D eigenvalue weighted by molar-refractivity contribution is 0.253. The third kappa shape index (κ3) is 4.84. The van der Waals surface area contributed by atoms with Crippen LogP contribution < -0.4 is 11.1 Å². The number of nitrogens with zero attached hydrogens (tertiary/aromatic N) is 2. The van der Waals surface area contributed by atoms with E-state index < -0.39 is 0 Å². The van der Waals surface area contributed by atoms with E-state index in [1.807, 2.05) is 0 Å². The van der Waals surface area contributed by atoms with Gasteiger partial charge in [0.05, 0.1) is 6.54 Å². The molecule has 0 aromatic carbocycles. The Morgan fingerprint density at radius 3 is 2.50 bits per heavy atom. The maximum Gasteiger partial charge on any atom is 0.189 e. The van der Waals surface area contributed by atoms with E-state index in [9.17, 15) is 0 Å². The third-order valence-corrected chi connectivity index (χ3v) is 2.85. The van der Waals surface area contributed by atoms with Crippen LogP contribution >= 0.6 is 0 Å². The highest BCUT2D eigenvalue weighted by molar-refractivity contribution is 5.78. The van der Waals surface area contributed by atoms with E-state index in [4.69, 9.17) is 5.73 Å². The highest BCUT2D eigenvalue weighted by atomic mass is 15.2. The van der Waals surface area contributed by atoms with Crippen molar-refractivity contribution in [3.63, 3.8) is 0 Å². The molecule has 0 spiro atoms. The third-order valence-electron chi connectivity index (χ3n) is 2.85. The lowest BCUT2D eigenvalue weighted by Gasteiger charge is -2.24. The maximum atomic E-state index is 5.82. The minimum Gasteiger partial charge on any atom is -0.370 e. The van der Waals surface area contributed by atoms with Crippen LogP contribution in [-0.4, -0.2) is 42.1 Å². The zero-order valence-corrected chi connectivity index (χ0v) is 11.2. The molecule has 1 aliphatic carbocycles. The monoisotopic (exact) mass is 226 g/mol. The lowest BCUT2D eigenvalue weighted by atomic mass is 10.1. The second kappa shape index (κ2) is 5.04. The van der Waals surface area contributed by atoms with Gasteiger partial charge in [0.15, 0.2) is 5.96 Å². The molecular formula is C12H26N4. The van der Waals surface area contributed by atoms with Crippen molar-refractivity contribution in [2.75, 3.05) is 13.6 Å². The zero-order chi connectivity index (χ0) is 12.3. The second-order valence-electron chi connectivity index (χ2n) is 5.85. The molecule has 16 heavy (non-hydrogen) atoms. The first-order valence-electron chi connectivity index (χ1n) is 6.09. The fourth-order valence-electron chi connectivity index (χ4n) is 1.62. The van der Waals surface area contributed by atoms with Crippen LogP contribution in [0, 0.1) is 0 Å². The predicted octanol–water partition coefficient (Wildman–Crippen LogP) is 1.17. The van der Waals surface area contributed by atoms with Gasteiger partial charge in [0.1, 0.15) is 0 Å². The largest absolute Gasteiger partial charge is 0.370 e. The summed E-state index contributed by atoms with van der Waals surface area (Å²) in [6.45, 7) is 9.20.